The van der Waals surface area contributed by atoms with Crippen LogP contribution < -0.4 is 14.4 Å². The van der Waals surface area contributed by atoms with Crippen LogP contribution in [0.4, 0.5) is 10.1 Å². The summed E-state index contributed by atoms with van der Waals surface area (Å²) in [5.74, 6) is -0.235. The Kier molecular flexibility index (Phi) is 8.10. The molecule has 3 aromatic rings. The Balaban J connectivity index is 1.61. The maximum atomic E-state index is 13.2. The first-order valence-corrected chi connectivity index (χ1v) is 12.8. The number of hydrogen-bond donors (Lipinski definition) is 1. The van der Waals surface area contributed by atoms with Crippen LogP contribution in [-0.2, 0) is 21.4 Å². The van der Waals surface area contributed by atoms with Crippen molar-refractivity contribution in [2.75, 3.05) is 17.2 Å². The van der Waals surface area contributed by atoms with E-state index >= 15 is 0 Å². The molecular formula is C24H24BrFN2O4S. The quantitative estimate of drug-likeness (QED) is 0.427. The van der Waals surface area contributed by atoms with Crippen molar-refractivity contribution >= 4 is 37.5 Å². The van der Waals surface area contributed by atoms with Crippen molar-refractivity contribution in [3.8, 4) is 5.75 Å². The van der Waals surface area contributed by atoms with Crippen LogP contribution in [-0.4, -0.2) is 27.2 Å². The third-order valence-corrected chi connectivity index (χ3v) is 6.49. The van der Waals surface area contributed by atoms with E-state index in [-0.39, 0.29) is 30.9 Å². The number of carbonyl (C=O) groups excluding carboxylic acids is 1. The van der Waals surface area contributed by atoms with Gasteiger partial charge >= 0.3 is 0 Å². The number of amides is 1. The number of carbonyl (C=O) groups is 1. The first-order valence-electron chi connectivity index (χ1n) is 10.1. The highest BCUT2D eigenvalue weighted by molar-refractivity contribution is 9.10. The highest BCUT2D eigenvalue weighted by atomic mass is 79.9. The summed E-state index contributed by atoms with van der Waals surface area (Å²) in [6.45, 7) is 1.77. The molecule has 1 atom stereocenters. The van der Waals surface area contributed by atoms with E-state index < -0.39 is 10.0 Å². The topological polar surface area (TPSA) is 75.7 Å². The Labute approximate surface area is 201 Å². The lowest BCUT2D eigenvalue weighted by molar-refractivity contribution is -0.123. The number of halogens is 2. The standard InChI is InChI=1S/C24H24BrFN2O4S/c1-17(19-4-3-5-20(25)14-19)27-24(29)16-32-23-12-10-22(11-13-23)28(33(2,30)31)15-18-6-8-21(26)9-7-18/h3-14,17H,15-16H2,1-2H3,(H,27,29). The van der Waals surface area contributed by atoms with Gasteiger partial charge in [-0.15, -0.1) is 0 Å². The summed E-state index contributed by atoms with van der Waals surface area (Å²) in [6, 6.07) is 19.5. The summed E-state index contributed by atoms with van der Waals surface area (Å²) in [7, 11) is -3.58. The fourth-order valence-electron chi connectivity index (χ4n) is 3.16. The molecule has 0 heterocycles. The zero-order valence-electron chi connectivity index (χ0n) is 18.2. The summed E-state index contributed by atoms with van der Waals surface area (Å²) in [5.41, 5.74) is 2.05. The number of anilines is 1. The molecule has 174 valence electrons. The van der Waals surface area contributed by atoms with Crippen molar-refractivity contribution in [2.24, 2.45) is 0 Å². The average Bonchev–Trinajstić information content (AvgIpc) is 2.77. The molecule has 0 fully saturated rings. The summed E-state index contributed by atoms with van der Waals surface area (Å²) >= 11 is 3.41. The molecule has 0 saturated heterocycles. The van der Waals surface area contributed by atoms with Crippen LogP contribution in [0.1, 0.15) is 24.1 Å². The summed E-state index contributed by atoms with van der Waals surface area (Å²) in [5, 5.41) is 2.88. The normalized spacial score (nSPS) is 12.1. The number of nitrogens with one attached hydrogen (secondary N) is 1. The lowest BCUT2D eigenvalue weighted by Gasteiger charge is -2.23. The van der Waals surface area contributed by atoms with Gasteiger partial charge in [0.25, 0.3) is 5.91 Å². The number of hydrogen-bond acceptors (Lipinski definition) is 4. The van der Waals surface area contributed by atoms with Crippen LogP contribution in [0.5, 0.6) is 5.75 Å². The molecule has 1 amide bonds. The second-order valence-corrected chi connectivity index (χ2v) is 10.3. The van der Waals surface area contributed by atoms with Gasteiger partial charge in [0.05, 0.1) is 24.5 Å². The van der Waals surface area contributed by atoms with E-state index in [1.165, 1.54) is 16.4 Å². The van der Waals surface area contributed by atoms with Crippen LogP contribution >= 0.6 is 15.9 Å². The molecule has 3 aromatic carbocycles. The smallest absolute Gasteiger partial charge is 0.258 e. The minimum atomic E-state index is -3.58. The van der Waals surface area contributed by atoms with Crippen LogP contribution in [0.25, 0.3) is 0 Å². The van der Waals surface area contributed by atoms with Crippen molar-refractivity contribution in [1.29, 1.82) is 0 Å². The van der Waals surface area contributed by atoms with Gasteiger partial charge in [-0.1, -0.05) is 40.2 Å². The molecule has 0 spiro atoms. The highest BCUT2D eigenvalue weighted by Gasteiger charge is 2.18. The summed E-state index contributed by atoms with van der Waals surface area (Å²) < 4.78 is 45.5. The molecule has 0 bridgehead atoms. The van der Waals surface area contributed by atoms with Crippen LogP contribution in [0.15, 0.2) is 77.3 Å². The summed E-state index contributed by atoms with van der Waals surface area (Å²) in [4.78, 5) is 12.3. The zero-order chi connectivity index (χ0) is 24.0. The molecule has 3 rings (SSSR count). The minimum absolute atomic E-state index is 0.0647. The van der Waals surface area contributed by atoms with Crippen molar-refractivity contribution in [2.45, 2.75) is 19.5 Å². The van der Waals surface area contributed by atoms with Crippen LogP contribution in [0, 0.1) is 5.82 Å². The van der Waals surface area contributed by atoms with E-state index in [0.29, 0.717) is 17.0 Å². The minimum Gasteiger partial charge on any atom is -0.484 e. The molecule has 6 nitrogen and oxygen atoms in total. The van der Waals surface area contributed by atoms with E-state index in [9.17, 15) is 17.6 Å². The molecule has 1 N–H and O–H groups in total. The Morgan fingerprint density at radius 1 is 1.09 bits per heavy atom. The summed E-state index contributed by atoms with van der Waals surface area (Å²) in [6.07, 6.45) is 1.11. The fourth-order valence-corrected chi connectivity index (χ4v) is 4.46. The first kappa shape index (κ1) is 24.7. The third-order valence-electron chi connectivity index (χ3n) is 4.86. The number of rotatable bonds is 9. The molecule has 0 radical (unpaired) electrons. The van der Waals surface area contributed by atoms with Crippen molar-refractivity contribution in [3.63, 3.8) is 0 Å². The molecule has 9 heteroatoms. The van der Waals surface area contributed by atoms with E-state index in [1.807, 2.05) is 31.2 Å². The van der Waals surface area contributed by atoms with E-state index in [4.69, 9.17) is 4.74 Å². The third kappa shape index (κ3) is 7.30. The van der Waals surface area contributed by atoms with Crippen LogP contribution in [0.2, 0.25) is 0 Å². The van der Waals surface area contributed by atoms with Crippen LogP contribution in [0.3, 0.4) is 0 Å². The molecular weight excluding hydrogens is 511 g/mol. The van der Waals surface area contributed by atoms with E-state index in [0.717, 1.165) is 16.3 Å². The number of ether oxygens (including phenoxy) is 1. The second kappa shape index (κ2) is 10.8. The predicted octanol–water partition coefficient (Wildman–Crippen LogP) is 4.81. The number of sulfonamides is 1. The van der Waals surface area contributed by atoms with Gasteiger partial charge in [0.1, 0.15) is 11.6 Å². The van der Waals surface area contributed by atoms with Gasteiger partial charge in [-0.25, -0.2) is 12.8 Å². The Bertz CT molecular complexity index is 1200. The van der Waals surface area contributed by atoms with E-state index in [2.05, 4.69) is 21.2 Å². The lowest BCUT2D eigenvalue weighted by atomic mass is 10.1. The number of benzene rings is 3. The van der Waals surface area contributed by atoms with Gasteiger partial charge < -0.3 is 10.1 Å². The van der Waals surface area contributed by atoms with Gasteiger partial charge in [-0.05, 0) is 66.6 Å². The molecule has 0 aliphatic heterocycles. The SMILES string of the molecule is CC(NC(=O)COc1ccc(N(Cc2ccc(F)cc2)S(C)(=O)=O)cc1)c1cccc(Br)c1. The molecule has 1 unspecified atom stereocenters. The van der Waals surface area contributed by atoms with Crippen molar-refractivity contribution in [3.05, 3.63) is 94.2 Å². The molecule has 0 aromatic heterocycles. The largest absolute Gasteiger partial charge is 0.484 e. The van der Waals surface area contributed by atoms with Gasteiger partial charge in [-0.3, -0.25) is 9.10 Å². The molecule has 33 heavy (non-hydrogen) atoms. The zero-order valence-corrected chi connectivity index (χ0v) is 20.6. The number of nitrogens with zero attached hydrogens (tertiary/aromatic N) is 1. The Morgan fingerprint density at radius 3 is 2.36 bits per heavy atom. The van der Waals surface area contributed by atoms with E-state index in [1.54, 1.807) is 36.4 Å². The Morgan fingerprint density at radius 2 is 1.76 bits per heavy atom. The van der Waals surface area contributed by atoms with Crippen molar-refractivity contribution < 1.29 is 22.3 Å². The van der Waals surface area contributed by atoms with Gasteiger partial charge in [0.2, 0.25) is 10.0 Å². The van der Waals surface area contributed by atoms with Gasteiger partial charge in [0, 0.05) is 4.47 Å². The predicted molar refractivity (Wildman–Crippen MR) is 130 cm³/mol. The molecule has 0 aliphatic carbocycles. The second-order valence-electron chi connectivity index (χ2n) is 7.52. The maximum Gasteiger partial charge on any atom is 0.258 e. The average molecular weight is 535 g/mol. The van der Waals surface area contributed by atoms with Gasteiger partial charge in [-0.2, -0.15) is 0 Å². The lowest BCUT2D eigenvalue weighted by Crippen LogP contribution is -2.31. The van der Waals surface area contributed by atoms with Gasteiger partial charge in [0.15, 0.2) is 6.61 Å². The highest BCUT2D eigenvalue weighted by Crippen LogP contribution is 2.24. The molecule has 0 aliphatic rings. The van der Waals surface area contributed by atoms with Crippen molar-refractivity contribution in [1.82, 2.24) is 5.32 Å². The fraction of sp³-hybridized carbons (Fsp3) is 0.208. The molecule has 0 saturated carbocycles. The Hall–Kier alpha value is -2.91. The maximum absolute atomic E-state index is 13.2. The monoisotopic (exact) mass is 534 g/mol. The first-order chi connectivity index (χ1) is 15.6.